The number of hydrogen-bond donors (Lipinski definition) is 1. The number of amides is 1. The predicted molar refractivity (Wildman–Crippen MR) is 149 cm³/mol. The van der Waals surface area contributed by atoms with Crippen molar-refractivity contribution >= 4 is 37.9 Å². The van der Waals surface area contributed by atoms with E-state index in [2.05, 4.69) is 0 Å². The summed E-state index contributed by atoms with van der Waals surface area (Å²) in [5, 5.41) is -3.93. The maximum atomic E-state index is 15.5. The maximum Gasteiger partial charge on any atom is 0.512 e. The summed E-state index contributed by atoms with van der Waals surface area (Å²) < 4.78 is 133. The Labute approximate surface area is 260 Å². The lowest BCUT2D eigenvalue weighted by Crippen LogP contribution is -2.61. The summed E-state index contributed by atoms with van der Waals surface area (Å²) in [6, 6.07) is 0. The SMILES string of the molecule is CC(C)(C)OC(=O)C(C)(CN(S(=O)(=O)C(F)(F)F)S(=O)(=O)C(F)(F)C(=O)NCC12CC3CC(CC(C3)C1)C2)C(=O)OC(C)(C)C. The van der Waals surface area contributed by atoms with E-state index in [4.69, 9.17) is 9.47 Å². The molecule has 0 unspecified atom stereocenters. The number of rotatable bonds is 10. The van der Waals surface area contributed by atoms with Gasteiger partial charge in [0, 0.05) is 6.54 Å². The van der Waals surface area contributed by atoms with Gasteiger partial charge < -0.3 is 14.8 Å². The Morgan fingerprint density at radius 1 is 0.733 bits per heavy atom. The van der Waals surface area contributed by atoms with E-state index in [1.165, 1.54) is 41.5 Å². The Bertz CT molecular complexity index is 1350. The summed E-state index contributed by atoms with van der Waals surface area (Å²) in [5.74, 6) is -5.15. The van der Waals surface area contributed by atoms with Crippen LogP contribution in [0.5, 0.6) is 0 Å². The number of nitrogens with one attached hydrogen (secondary N) is 1. The standard InChI is InChI=1S/C27H41F5N2O9S2/c1-22(2,3)42-20(36)24(7,21(37)43-23(4,5)6)15-34(45(40,41)27(30,31)32)44(38,39)26(28,29)19(35)33-14-25-11-16-8-17(12-25)10-18(9-16)13-25/h16-18H,8-15H2,1-7H3,(H,33,35). The van der Waals surface area contributed by atoms with E-state index in [1.807, 2.05) is 5.32 Å². The molecule has 4 saturated carbocycles. The number of carbonyl (C=O) groups is 3. The summed E-state index contributed by atoms with van der Waals surface area (Å²) in [4.78, 5) is 39.1. The Kier molecular flexibility index (Phi) is 9.60. The van der Waals surface area contributed by atoms with Crippen molar-refractivity contribution in [3.8, 4) is 0 Å². The molecule has 11 nitrogen and oxygen atoms in total. The third kappa shape index (κ3) is 7.57. The second-order valence-corrected chi connectivity index (χ2v) is 18.8. The molecule has 4 fully saturated rings. The minimum atomic E-state index is -7.28. The van der Waals surface area contributed by atoms with E-state index < -0.39 is 80.9 Å². The predicted octanol–water partition coefficient (Wildman–Crippen LogP) is 4.08. The van der Waals surface area contributed by atoms with Crippen molar-refractivity contribution in [2.45, 2.75) is 109 Å². The van der Waals surface area contributed by atoms with Gasteiger partial charge in [-0.2, -0.15) is 22.0 Å². The number of alkyl halides is 5. The van der Waals surface area contributed by atoms with E-state index in [-0.39, 0.29) is 6.54 Å². The lowest BCUT2D eigenvalue weighted by molar-refractivity contribution is -0.184. The molecule has 4 aliphatic rings. The summed E-state index contributed by atoms with van der Waals surface area (Å²) in [7, 11) is -14.4. The molecule has 260 valence electrons. The number of hydrogen-bond acceptors (Lipinski definition) is 9. The van der Waals surface area contributed by atoms with Gasteiger partial charge in [0.05, 0.1) is 6.54 Å². The van der Waals surface area contributed by atoms with Crippen LogP contribution >= 0.6 is 0 Å². The van der Waals surface area contributed by atoms with Crippen LogP contribution in [0.25, 0.3) is 0 Å². The molecule has 0 saturated heterocycles. The average Bonchev–Trinajstić information content (AvgIpc) is 2.81. The van der Waals surface area contributed by atoms with Crippen LogP contribution in [-0.2, 0) is 43.9 Å². The van der Waals surface area contributed by atoms with Crippen LogP contribution in [-0.4, -0.2) is 73.4 Å². The van der Waals surface area contributed by atoms with Gasteiger partial charge in [0.15, 0.2) is 5.41 Å². The highest BCUT2D eigenvalue weighted by molar-refractivity contribution is 8.05. The summed E-state index contributed by atoms with van der Waals surface area (Å²) in [6.07, 6.45) is 4.64. The molecule has 0 aromatic rings. The van der Waals surface area contributed by atoms with Crippen LogP contribution in [0.3, 0.4) is 0 Å². The molecule has 0 aromatic heterocycles. The van der Waals surface area contributed by atoms with Crippen molar-refractivity contribution in [3.63, 3.8) is 0 Å². The Morgan fingerprint density at radius 3 is 1.44 bits per heavy atom. The van der Waals surface area contributed by atoms with Gasteiger partial charge in [-0.1, -0.05) is 3.71 Å². The van der Waals surface area contributed by atoms with Crippen LogP contribution in [0.15, 0.2) is 0 Å². The van der Waals surface area contributed by atoms with Gasteiger partial charge >= 0.3 is 48.7 Å². The number of nitrogens with zero attached hydrogens (tertiary/aromatic N) is 1. The molecule has 4 rings (SSSR count). The first-order valence-electron chi connectivity index (χ1n) is 14.4. The fraction of sp³-hybridized carbons (Fsp3) is 0.889. The number of esters is 2. The van der Waals surface area contributed by atoms with Gasteiger partial charge in [-0.25, -0.2) is 16.8 Å². The zero-order valence-electron chi connectivity index (χ0n) is 26.2. The van der Waals surface area contributed by atoms with Gasteiger partial charge in [0.2, 0.25) is 0 Å². The molecule has 0 spiro atoms. The van der Waals surface area contributed by atoms with Gasteiger partial charge in [-0.05, 0) is 110 Å². The molecule has 4 aliphatic carbocycles. The number of carbonyl (C=O) groups excluding carboxylic acids is 3. The van der Waals surface area contributed by atoms with Gasteiger partial charge in [0.1, 0.15) is 11.2 Å². The molecular formula is C27H41F5N2O9S2. The monoisotopic (exact) mass is 696 g/mol. The summed E-state index contributed by atoms with van der Waals surface area (Å²) in [6.45, 7) is 5.36. The molecule has 0 aromatic carbocycles. The van der Waals surface area contributed by atoms with Crippen molar-refractivity contribution in [3.05, 3.63) is 0 Å². The first-order valence-corrected chi connectivity index (χ1v) is 17.3. The number of ether oxygens (including phenoxy) is 2. The van der Waals surface area contributed by atoms with Crippen molar-refractivity contribution in [2.24, 2.45) is 28.6 Å². The first kappa shape index (κ1) is 37.4. The maximum absolute atomic E-state index is 15.5. The van der Waals surface area contributed by atoms with Crippen LogP contribution in [0.4, 0.5) is 22.0 Å². The fourth-order valence-electron chi connectivity index (χ4n) is 6.79. The second-order valence-electron chi connectivity index (χ2n) is 14.8. The van der Waals surface area contributed by atoms with Crippen LogP contribution in [0.2, 0.25) is 0 Å². The van der Waals surface area contributed by atoms with Crippen LogP contribution in [0, 0.1) is 28.6 Å². The van der Waals surface area contributed by atoms with Crippen molar-refractivity contribution in [2.75, 3.05) is 13.1 Å². The highest BCUT2D eigenvalue weighted by Crippen LogP contribution is 2.59. The fourth-order valence-corrected chi connectivity index (χ4v) is 10.0. The third-order valence-corrected chi connectivity index (χ3v) is 12.3. The quantitative estimate of drug-likeness (QED) is 0.202. The molecule has 1 N–H and O–H groups in total. The smallest absolute Gasteiger partial charge is 0.459 e. The summed E-state index contributed by atoms with van der Waals surface area (Å²) in [5.41, 5.74) is -13.3. The molecular weight excluding hydrogens is 655 g/mol. The molecule has 0 radical (unpaired) electrons. The highest BCUT2D eigenvalue weighted by Gasteiger charge is 2.66. The van der Waals surface area contributed by atoms with Gasteiger partial charge in [0.25, 0.3) is 0 Å². The van der Waals surface area contributed by atoms with Crippen molar-refractivity contribution in [1.29, 1.82) is 0 Å². The molecule has 45 heavy (non-hydrogen) atoms. The Hall–Kier alpha value is -2.08. The lowest BCUT2D eigenvalue weighted by Gasteiger charge is -2.56. The van der Waals surface area contributed by atoms with Crippen LogP contribution in [0.1, 0.15) is 87.0 Å². The van der Waals surface area contributed by atoms with Gasteiger partial charge in [-0.15, -0.1) is 0 Å². The third-order valence-electron chi connectivity index (χ3n) is 8.35. The number of halogens is 5. The minimum Gasteiger partial charge on any atom is -0.459 e. The molecule has 18 heteroatoms. The topological polar surface area (TPSA) is 153 Å². The zero-order chi connectivity index (χ0) is 34.8. The molecule has 1 amide bonds. The zero-order valence-corrected chi connectivity index (χ0v) is 27.8. The molecule has 4 bridgehead atoms. The van der Waals surface area contributed by atoms with Gasteiger partial charge in [-0.3, -0.25) is 14.4 Å². The molecule has 0 atom stereocenters. The normalized spacial score (nSPS) is 26.1. The van der Waals surface area contributed by atoms with Crippen molar-refractivity contribution in [1.82, 2.24) is 9.03 Å². The number of sulfonamides is 2. The van der Waals surface area contributed by atoms with E-state index >= 15 is 8.78 Å². The Balaban J connectivity index is 2.03. The van der Waals surface area contributed by atoms with E-state index in [1.54, 1.807) is 0 Å². The minimum absolute atomic E-state index is 0.309. The lowest BCUT2D eigenvalue weighted by atomic mass is 9.49. The Morgan fingerprint density at radius 2 is 1.11 bits per heavy atom. The summed E-state index contributed by atoms with van der Waals surface area (Å²) >= 11 is 0. The van der Waals surface area contributed by atoms with E-state index in [0.29, 0.717) is 43.9 Å². The highest BCUT2D eigenvalue weighted by atomic mass is 32.3. The molecule has 0 aliphatic heterocycles. The van der Waals surface area contributed by atoms with E-state index in [0.717, 1.165) is 19.3 Å². The van der Waals surface area contributed by atoms with Crippen molar-refractivity contribution < 1.29 is 62.6 Å². The average molecular weight is 697 g/mol. The molecule has 0 heterocycles. The van der Waals surface area contributed by atoms with Crippen LogP contribution < -0.4 is 5.32 Å². The van der Waals surface area contributed by atoms with E-state index in [9.17, 15) is 44.4 Å². The largest absolute Gasteiger partial charge is 0.512 e. The second kappa shape index (κ2) is 11.6. The first-order chi connectivity index (χ1) is 20.0.